The number of aromatic nitrogens is 2. The van der Waals surface area contributed by atoms with Crippen LogP contribution in [0.1, 0.15) is 77.7 Å². The van der Waals surface area contributed by atoms with Crippen LogP contribution in [0, 0.1) is 13.8 Å². The Bertz CT molecular complexity index is 1410. The number of Topliss-reactive ketones (excluding diaryl/α,β-unsaturated/α-hetero) is 1. The van der Waals surface area contributed by atoms with E-state index in [2.05, 4.69) is 30.7 Å². The highest BCUT2D eigenvalue weighted by atomic mass is 16.5. The average molecular weight is 516 g/mol. The largest absolute Gasteiger partial charge is 0.507 e. The number of benzene rings is 1. The van der Waals surface area contributed by atoms with E-state index < -0.39 is 23.7 Å². The Morgan fingerprint density at radius 2 is 1.82 bits per heavy atom. The number of ketones is 1. The van der Waals surface area contributed by atoms with Gasteiger partial charge in [-0.1, -0.05) is 51.1 Å². The van der Waals surface area contributed by atoms with Crippen LogP contribution in [0.15, 0.2) is 54.4 Å². The molecule has 4 rings (SSSR count). The summed E-state index contributed by atoms with van der Waals surface area (Å²) >= 11 is 0. The highest BCUT2D eigenvalue weighted by molar-refractivity contribution is 6.46. The van der Waals surface area contributed by atoms with Gasteiger partial charge in [-0.15, -0.1) is 0 Å². The topological polar surface area (TPSA) is 113 Å². The molecule has 1 amide bonds. The number of aliphatic hydroxyl groups is 1. The first-order valence-corrected chi connectivity index (χ1v) is 12.6. The summed E-state index contributed by atoms with van der Waals surface area (Å²) in [6.07, 6.45) is 3.28. The lowest BCUT2D eigenvalue weighted by Gasteiger charge is -2.26. The fourth-order valence-electron chi connectivity index (χ4n) is 4.89. The summed E-state index contributed by atoms with van der Waals surface area (Å²) in [5, 5.41) is 11.6. The van der Waals surface area contributed by atoms with Gasteiger partial charge in [-0.25, -0.2) is 4.79 Å². The summed E-state index contributed by atoms with van der Waals surface area (Å²) in [7, 11) is 0. The van der Waals surface area contributed by atoms with Crippen LogP contribution in [0.5, 0.6) is 0 Å². The summed E-state index contributed by atoms with van der Waals surface area (Å²) in [5.41, 5.74) is 3.87. The van der Waals surface area contributed by atoms with Gasteiger partial charge in [0.15, 0.2) is 0 Å². The monoisotopic (exact) mass is 515 g/mol. The number of esters is 1. The van der Waals surface area contributed by atoms with Gasteiger partial charge in [0, 0.05) is 30.2 Å². The Hall–Kier alpha value is -4.20. The zero-order valence-corrected chi connectivity index (χ0v) is 22.6. The van der Waals surface area contributed by atoms with Crippen molar-refractivity contribution in [3.8, 4) is 0 Å². The highest BCUT2D eigenvalue weighted by Gasteiger charge is 2.46. The molecule has 0 bridgehead atoms. The third-order valence-electron chi connectivity index (χ3n) is 6.86. The number of amides is 1. The summed E-state index contributed by atoms with van der Waals surface area (Å²) in [6, 6.07) is 10.5. The van der Waals surface area contributed by atoms with E-state index in [0.717, 1.165) is 11.1 Å². The third kappa shape index (κ3) is 4.86. The number of carbonyl (C=O) groups is 3. The number of likely N-dealkylation sites (tertiary alicyclic amines) is 1. The summed E-state index contributed by atoms with van der Waals surface area (Å²) in [4.78, 5) is 47.9. The van der Waals surface area contributed by atoms with E-state index in [4.69, 9.17) is 4.74 Å². The number of carbonyl (C=O) groups excluding carboxylic acids is 3. The van der Waals surface area contributed by atoms with Crippen molar-refractivity contribution in [2.24, 2.45) is 0 Å². The van der Waals surface area contributed by atoms with Crippen molar-refractivity contribution >= 4 is 23.4 Å². The maximum absolute atomic E-state index is 13.5. The molecule has 0 spiro atoms. The van der Waals surface area contributed by atoms with Crippen molar-refractivity contribution in [3.05, 3.63) is 93.6 Å². The molecular weight excluding hydrogens is 482 g/mol. The molecule has 1 aliphatic rings. The van der Waals surface area contributed by atoms with Gasteiger partial charge in [-0.2, -0.15) is 0 Å². The van der Waals surface area contributed by atoms with Crippen LogP contribution < -0.4 is 0 Å². The number of ether oxygens (including phenoxy) is 1. The van der Waals surface area contributed by atoms with Crippen LogP contribution in [-0.2, 0) is 26.3 Å². The normalized spacial score (nSPS) is 17.2. The van der Waals surface area contributed by atoms with Gasteiger partial charge in [0.1, 0.15) is 11.5 Å². The van der Waals surface area contributed by atoms with Crippen molar-refractivity contribution in [2.45, 2.75) is 59.5 Å². The maximum Gasteiger partial charge on any atom is 0.355 e. The van der Waals surface area contributed by atoms with E-state index in [1.165, 1.54) is 4.90 Å². The second-order valence-electron chi connectivity index (χ2n) is 10.5. The summed E-state index contributed by atoms with van der Waals surface area (Å²) < 4.78 is 5.13. The number of aryl methyl sites for hydroxylation is 1. The molecule has 2 aromatic heterocycles. The predicted molar refractivity (Wildman–Crippen MR) is 143 cm³/mol. The molecule has 0 aliphatic carbocycles. The number of pyridine rings is 1. The molecule has 38 heavy (non-hydrogen) atoms. The average Bonchev–Trinajstić information content (AvgIpc) is 3.31. The Kier molecular flexibility index (Phi) is 7.26. The molecule has 2 N–H and O–H groups in total. The SMILES string of the molecule is CCOC(=O)c1[nH]c(C)c(C(O)=C2C(=O)C(=O)N(Cc3cccnc3)[C@@H]2c2ccc(C(C)(C)C)cc2)c1C. The molecule has 1 aromatic carbocycles. The smallest absolute Gasteiger partial charge is 0.355 e. The number of H-pyrrole nitrogens is 1. The van der Waals surface area contributed by atoms with Crippen LogP contribution in [0.4, 0.5) is 0 Å². The first kappa shape index (κ1) is 26.9. The van der Waals surface area contributed by atoms with Gasteiger partial charge >= 0.3 is 5.97 Å². The molecule has 0 radical (unpaired) electrons. The Morgan fingerprint density at radius 1 is 1.13 bits per heavy atom. The van der Waals surface area contributed by atoms with Gasteiger partial charge in [0.2, 0.25) is 0 Å². The van der Waals surface area contributed by atoms with E-state index in [-0.39, 0.29) is 35.6 Å². The molecule has 8 heteroatoms. The van der Waals surface area contributed by atoms with E-state index >= 15 is 0 Å². The van der Waals surface area contributed by atoms with Crippen LogP contribution in [0.2, 0.25) is 0 Å². The lowest BCUT2D eigenvalue weighted by Crippen LogP contribution is -2.29. The number of aromatic amines is 1. The molecule has 8 nitrogen and oxygen atoms in total. The minimum atomic E-state index is -0.830. The quantitative estimate of drug-likeness (QED) is 0.204. The Labute approximate surface area is 222 Å². The number of aliphatic hydroxyl groups excluding tert-OH is 1. The van der Waals surface area contributed by atoms with Crippen molar-refractivity contribution in [2.75, 3.05) is 6.61 Å². The van der Waals surface area contributed by atoms with Gasteiger partial charge in [0.05, 0.1) is 18.2 Å². The first-order chi connectivity index (χ1) is 18.0. The minimum Gasteiger partial charge on any atom is -0.507 e. The number of hydrogen-bond acceptors (Lipinski definition) is 6. The maximum atomic E-state index is 13.5. The standard InChI is InChI=1S/C30H33N3O5/c1-7-38-29(37)24-17(2)22(18(3)32-24)26(34)23-25(20-10-12-21(13-11-20)30(4,5)6)33(28(36)27(23)35)16-19-9-8-14-31-15-19/h8-15,25,32,34H,7,16H2,1-6H3/t25-/m1/s1. The number of rotatable bonds is 6. The van der Waals surface area contributed by atoms with Crippen LogP contribution >= 0.6 is 0 Å². The fourth-order valence-corrected chi connectivity index (χ4v) is 4.89. The summed E-state index contributed by atoms with van der Waals surface area (Å²) in [6.45, 7) is 11.7. The van der Waals surface area contributed by atoms with Gasteiger partial charge in [-0.05, 0) is 54.5 Å². The van der Waals surface area contributed by atoms with Crippen molar-refractivity contribution in [1.29, 1.82) is 0 Å². The molecular formula is C30H33N3O5. The summed E-state index contributed by atoms with van der Waals surface area (Å²) in [5.74, 6) is -2.38. The van der Waals surface area contributed by atoms with Crippen LogP contribution in [-0.4, -0.2) is 44.2 Å². The molecule has 1 fully saturated rings. The predicted octanol–water partition coefficient (Wildman–Crippen LogP) is 5.12. The number of hydrogen-bond donors (Lipinski definition) is 2. The molecule has 0 unspecified atom stereocenters. The molecule has 3 aromatic rings. The first-order valence-electron chi connectivity index (χ1n) is 12.6. The molecule has 1 atom stereocenters. The van der Waals surface area contributed by atoms with E-state index in [1.54, 1.807) is 39.2 Å². The van der Waals surface area contributed by atoms with Crippen molar-refractivity contribution in [3.63, 3.8) is 0 Å². The third-order valence-corrected chi connectivity index (χ3v) is 6.86. The zero-order chi connectivity index (χ0) is 27.8. The molecule has 3 heterocycles. The van der Waals surface area contributed by atoms with E-state index in [0.29, 0.717) is 22.4 Å². The van der Waals surface area contributed by atoms with Gasteiger partial charge < -0.3 is 19.7 Å². The van der Waals surface area contributed by atoms with E-state index in [1.807, 2.05) is 30.3 Å². The lowest BCUT2D eigenvalue weighted by atomic mass is 9.85. The van der Waals surface area contributed by atoms with Gasteiger partial charge in [0.25, 0.3) is 11.7 Å². The molecule has 0 saturated carbocycles. The Balaban J connectivity index is 1.89. The van der Waals surface area contributed by atoms with Crippen molar-refractivity contribution < 1.29 is 24.2 Å². The Morgan fingerprint density at radius 3 is 2.39 bits per heavy atom. The molecule has 1 aliphatic heterocycles. The second kappa shape index (κ2) is 10.3. The van der Waals surface area contributed by atoms with E-state index in [9.17, 15) is 19.5 Å². The number of nitrogens with zero attached hydrogens (tertiary/aromatic N) is 2. The second-order valence-corrected chi connectivity index (χ2v) is 10.5. The van der Waals surface area contributed by atoms with Crippen molar-refractivity contribution in [1.82, 2.24) is 14.9 Å². The molecule has 1 saturated heterocycles. The highest BCUT2D eigenvalue weighted by Crippen LogP contribution is 2.42. The van der Waals surface area contributed by atoms with Crippen LogP contribution in [0.3, 0.4) is 0 Å². The van der Waals surface area contributed by atoms with Crippen LogP contribution in [0.25, 0.3) is 5.76 Å². The minimum absolute atomic E-state index is 0.0250. The zero-order valence-electron chi connectivity index (χ0n) is 22.6. The molecule has 198 valence electrons. The number of nitrogens with one attached hydrogen (secondary N) is 1. The van der Waals surface area contributed by atoms with Gasteiger partial charge in [-0.3, -0.25) is 14.6 Å². The lowest BCUT2D eigenvalue weighted by molar-refractivity contribution is -0.140. The fraction of sp³-hybridized carbons (Fsp3) is 0.333.